The zero-order valence-electron chi connectivity index (χ0n) is 2.36. The van der Waals surface area contributed by atoms with Crippen LogP contribution in [0, 0.1) is 0 Å². The quantitative estimate of drug-likeness (QED) is 0.459. The Morgan fingerprint density at radius 2 is 1.50 bits per heavy atom. The molecule has 0 aliphatic carbocycles. The van der Waals surface area contributed by atoms with Crippen LogP contribution >= 0.6 is 7.36 Å². The van der Waals surface area contributed by atoms with E-state index in [9.17, 15) is 0 Å². The molecule has 0 unspecified atom stereocenters. The van der Waals surface area contributed by atoms with Gasteiger partial charge in [-0.25, -0.2) is 0 Å². The molecule has 0 bridgehead atoms. The lowest BCUT2D eigenvalue weighted by Crippen LogP contribution is -0.966. The van der Waals surface area contributed by atoms with Crippen LogP contribution in [0.5, 0.6) is 0 Å². The van der Waals surface area contributed by atoms with Crippen molar-refractivity contribution in [1.82, 2.24) is 0 Å². The Hall–Kier alpha value is 0.480. The summed E-state index contributed by atoms with van der Waals surface area (Å²) in [6, 6.07) is 0. The van der Waals surface area contributed by atoms with E-state index < -0.39 is 0 Å². The van der Waals surface area contributed by atoms with Crippen molar-refractivity contribution in [3.63, 3.8) is 0 Å². The molecular weight excluding hydrogens is 115 g/mol. The summed E-state index contributed by atoms with van der Waals surface area (Å²) in [4.78, 5) is 0. The van der Waals surface area contributed by atoms with Crippen LogP contribution in [0.25, 0.3) is 0 Å². The van der Waals surface area contributed by atoms with Gasteiger partial charge in [0.05, 0.1) is 0 Å². The minimum atomic E-state index is 0. The topological polar surface area (TPSA) is 31.5 Å². The summed E-state index contributed by atoms with van der Waals surface area (Å²) >= 11 is 4.37. The fourth-order valence-electron chi connectivity index (χ4n) is 0. The third-order valence-electron chi connectivity index (χ3n) is 0. The average molecular weight is 130 g/mol. The van der Waals surface area contributed by atoms with E-state index in [0.29, 0.717) is 0 Å². The van der Waals surface area contributed by atoms with Crippen molar-refractivity contribution in [2.45, 2.75) is 14.9 Å². The molecular formula is C3H15OPS. The Morgan fingerprint density at radius 3 is 1.50 bits per heavy atom. The molecule has 0 aliphatic rings. The summed E-state index contributed by atoms with van der Waals surface area (Å²) in [5.41, 5.74) is 0. The second-order valence-corrected chi connectivity index (χ2v) is 1.64. The highest BCUT2D eigenvalue weighted by Gasteiger charge is 1.20. The standard InChI is InChI=1S/CH3PS.2CH4.H2O.H2/c1-2-3;;;;/h1H3;2*1H4;1H2;1H. The smallest absolute Gasteiger partial charge is 0 e. The Kier molecular flexibility index (Phi) is 265. The van der Waals surface area contributed by atoms with Gasteiger partial charge in [-0.05, 0) is 14.0 Å². The minimum absolute atomic E-state index is 0. The highest BCUT2D eigenvalue weighted by atomic mass is 32.4. The number of hydrogen-bond donors (Lipinski definition) is 0. The molecule has 1 nitrogen and oxygen atoms in total. The maximum Gasteiger partial charge on any atom is 0 e. The van der Waals surface area contributed by atoms with Crippen LogP contribution in [0.1, 0.15) is 16.3 Å². The van der Waals surface area contributed by atoms with E-state index in [0.717, 1.165) is 7.36 Å². The second kappa shape index (κ2) is 50.2. The van der Waals surface area contributed by atoms with Crippen LogP contribution in [0.15, 0.2) is 0 Å². The Morgan fingerprint density at radius 1 is 1.50 bits per heavy atom. The molecule has 0 aliphatic heterocycles. The highest BCUT2D eigenvalue weighted by Crippen LogP contribution is 1.69. The van der Waals surface area contributed by atoms with E-state index >= 15 is 0 Å². The van der Waals surface area contributed by atoms with Crippen molar-refractivity contribution in [2.75, 3.05) is 6.66 Å². The summed E-state index contributed by atoms with van der Waals surface area (Å²) in [7, 11) is 1.00. The van der Waals surface area contributed by atoms with Gasteiger partial charge in [-0.1, -0.05) is 26.7 Å². The van der Waals surface area contributed by atoms with Crippen LogP contribution in [0.3, 0.4) is 0 Å². The van der Waals surface area contributed by atoms with E-state index in [1.807, 2.05) is 6.66 Å². The van der Waals surface area contributed by atoms with Crippen LogP contribution in [0.4, 0.5) is 0 Å². The van der Waals surface area contributed by atoms with Crippen molar-refractivity contribution in [2.24, 2.45) is 0 Å². The van der Waals surface area contributed by atoms with Gasteiger partial charge in [0.1, 0.15) is 0 Å². The predicted octanol–water partition coefficient (Wildman–Crippen LogP) is 1.72. The first-order valence-corrected chi connectivity index (χ1v) is 2.98. The molecule has 6 heavy (non-hydrogen) atoms. The summed E-state index contributed by atoms with van der Waals surface area (Å²) in [6.07, 6.45) is 0. The number of rotatable bonds is 0. The zero-order valence-corrected chi connectivity index (χ0v) is 4.07. The first kappa shape index (κ1) is 31.6. The fraction of sp³-hybridized carbons (Fsp3) is 1.00. The SMILES string of the molecule is C.C.CP=S.O.[HH]. The minimum Gasteiger partial charge on any atom is -0.412 e. The molecule has 0 spiro atoms. The first-order chi connectivity index (χ1) is 1.41. The van der Waals surface area contributed by atoms with Crippen molar-refractivity contribution in [1.29, 1.82) is 0 Å². The maximum atomic E-state index is 4.37. The predicted molar refractivity (Wildman–Crippen MR) is 39.4 cm³/mol. The molecule has 0 fully saturated rings. The van der Waals surface area contributed by atoms with Gasteiger partial charge in [0.2, 0.25) is 0 Å². The van der Waals surface area contributed by atoms with E-state index in [-0.39, 0.29) is 21.8 Å². The molecule has 0 rings (SSSR count). The van der Waals surface area contributed by atoms with Crippen LogP contribution in [-0.2, 0) is 11.8 Å². The maximum absolute atomic E-state index is 4.37. The highest BCUT2D eigenvalue weighted by molar-refractivity contribution is 7.96. The largest absolute Gasteiger partial charge is 0.412 e. The molecule has 44 valence electrons. The van der Waals surface area contributed by atoms with Crippen molar-refractivity contribution in [3.05, 3.63) is 0 Å². The molecule has 0 saturated heterocycles. The van der Waals surface area contributed by atoms with Gasteiger partial charge in [0, 0.05) is 1.43 Å². The van der Waals surface area contributed by atoms with Crippen LogP contribution < -0.4 is 0 Å². The lowest BCUT2D eigenvalue weighted by Gasteiger charge is -1.25. The van der Waals surface area contributed by atoms with Crippen molar-refractivity contribution in [3.8, 4) is 0 Å². The average Bonchev–Trinajstić information content (AvgIpc) is 0.918. The van der Waals surface area contributed by atoms with E-state index in [1.54, 1.807) is 0 Å². The number of hydrogen-bond acceptors (Lipinski definition) is 1. The van der Waals surface area contributed by atoms with E-state index in [2.05, 4.69) is 11.8 Å². The monoisotopic (exact) mass is 130 g/mol. The molecule has 0 atom stereocenters. The third-order valence-corrected chi connectivity index (χ3v) is 0. The zero-order chi connectivity index (χ0) is 2.71. The lowest BCUT2D eigenvalue weighted by molar-refractivity contribution is 0.824. The second-order valence-electron chi connectivity index (χ2n) is 0.183. The fourth-order valence-corrected chi connectivity index (χ4v) is 0. The van der Waals surface area contributed by atoms with Crippen molar-refractivity contribution < 1.29 is 6.90 Å². The van der Waals surface area contributed by atoms with Gasteiger partial charge >= 0.3 is 0 Å². The third kappa shape index (κ3) is 235. The Labute approximate surface area is 48.4 Å². The molecule has 0 amide bonds. The molecule has 2 N–H and O–H groups in total. The Bertz CT molecular complexity index is 22.4. The Balaban J connectivity index is -0.00000000333. The van der Waals surface area contributed by atoms with E-state index in [4.69, 9.17) is 0 Å². The van der Waals surface area contributed by atoms with Gasteiger partial charge in [0.25, 0.3) is 0 Å². The van der Waals surface area contributed by atoms with Gasteiger partial charge in [-0.3, -0.25) is 0 Å². The summed E-state index contributed by atoms with van der Waals surface area (Å²) in [5.74, 6) is 0. The van der Waals surface area contributed by atoms with Crippen LogP contribution in [-0.4, -0.2) is 12.1 Å². The molecule has 0 radical (unpaired) electrons. The first-order valence-electron chi connectivity index (χ1n) is 0.630. The van der Waals surface area contributed by atoms with Crippen molar-refractivity contribution >= 4 is 19.2 Å². The van der Waals surface area contributed by atoms with E-state index in [1.165, 1.54) is 0 Å². The lowest BCUT2D eigenvalue weighted by atomic mass is 12.0. The summed E-state index contributed by atoms with van der Waals surface area (Å²) < 4.78 is 0. The molecule has 0 saturated carbocycles. The van der Waals surface area contributed by atoms with Crippen LogP contribution in [0.2, 0.25) is 0 Å². The van der Waals surface area contributed by atoms with Gasteiger partial charge < -0.3 is 5.48 Å². The van der Waals surface area contributed by atoms with Gasteiger partial charge in [-0.15, -0.1) is 0 Å². The summed E-state index contributed by atoms with van der Waals surface area (Å²) in [6.45, 7) is 1.91. The van der Waals surface area contributed by atoms with Gasteiger partial charge in [-0.2, -0.15) is 0 Å². The van der Waals surface area contributed by atoms with Gasteiger partial charge in [0.15, 0.2) is 0 Å². The molecule has 0 aromatic carbocycles. The molecule has 0 aromatic heterocycles. The molecule has 3 heteroatoms. The summed E-state index contributed by atoms with van der Waals surface area (Å²) in [5, 5.41) is 0. The molecule has 0 heterocycles. The molecule has 0 aromatic rings. The normalized spacial score (nSPS) is 3.50.